The van der Waals surface area contributed by atoms with Crippen molar-refractivity contribution in [2.45, 2.75) is 31.2 Å². The van der Waals surface area contributed by atoms with Crippen molar-refractivity contribution in [2.24, 2.45) is 5.92 Å². The minimum absolute atomic E-state index is 0.0157. The van der Waals surface area contributed by atoms with E-state index in [1.165, 1.54) is 18.2 Å². The van der Waals surface area contributed by atoms with Gasteiger partial charge in [-0.25, -0.2) is 4.39 Å². The molecule has 0 fully saturated rings. The number of aliphatic hydroxyl groups is 1. The van der Waals surface area contributed by atoms with Crippen molar-refractivity contribution < 1.29 is 14.3 Å². The van der Waals surface area contributed by atoms with Crippen LogP contribution in [-0.2, 0) is 0 Å². The summed E-state index contributed by atoms with van der Waals surface area (Å²) in [5.41, 5.74) is -0.0221. The van der Waals surface area contributed by atoms with Gasteiger partial charge in [-0.05, 0) is 30.5 Å². The van der Waals surface area contributed by atoms with Gasteiger partial charge in [-0.15, -0.1) is 12.6 Å². The highest BCUT2D eigenvalue weighted by Gasteiger charge is 2.19. The van der Waals surface area contributed by atoms with Crippen LogP contribution >= 0.6 is 12.6 Å². The van der Waals surface area contributed by atoms with Gasteiger partial charge in [0.1, 0.15) is 5.82 Å². The van der Waals surface area contributed by atoms with Gasteiger partial charge < -0.3 is 10.4 Å². The van der Waals surface area contributed by atoms with Crippen molar-refractivity contribution in [2.75, 3.05) is 6.61 Å². The Bertz CT molecular complexity index is 423. The number of amides is 1. The van der Waals surface area contributed by atoms with Crippen LogP contribution in [0, 0.1) is 11.7 Å². The minimum Gasteiger partial charge on any atom is -0.396 e. The van der Waals surface area contributed by atoms with Crippen LogP contribution in [0.3, 0.4) is 0 Å². The van der Waals surface area contributed by atoms with Crippen LogP contribution in [0.5, 0.6) is 0 Å². The van der Waals surface area contributed by atoms with Gasteiger partial charge >= 0.3 is 0 Å². The molecule has 0 aromatic heterocycles. The molecule has 1 rings (SSSR count). The Morgan fingerprint density at radius 2 is 2.17 bits per heavy atom. The summed E-state index contributed by atoms with van der Waals surface area (Å²) in [6, 6.07) is 3.92. The van der Waals surface area contributed by atoms with E-state index < -0.39 is 11.7 Å². The van der Waals surface area contributed by atoms with Crippen LogP contribution in [-0.4, -0.2) is 23.7 Å². The molecule has 0 saturated heterocycles. The average Bonchev–Trinajstić information content (AvgIpc) is 2.31. The third kappa shape index (κ3) is 3.99. The van der Waals surface area contributed by atoms with E-state index in [9.17, 15) is 9.18 Å². The first kappa shape index (κ1) is 15.0. The van der Waals surface area contributed by atoms with Gasteiger partial charge in [0.25, 0.3) is 5.91 Å². The van der Waals surface area contributed by atoms with E-state index in [0.717, 1.165) is 0 Å². The number of hydrogen-bond acceptors (Lipinski definition) is 3. The number of aliphatic hydroxyl groups excluding tert-OH is 1. The maximum Gasteiger partial charge on any atom is 0.254 e. The predicted octanol–water partition coefficient (Wildman–Crippen LogP) is 2.25. The molecule has 0 bridgehead atoms. The molecule has 0 aliphatic carbocycles. The zero-order valence-corrected chi connectivity index (χ0v) is 11.4. The maximum atomic E-state index is 13.5. The molecule has 1 aromatic carbocycles. The molecule has 1 amide bonds. The standard InChI is InChI=1S/C13H18FNO2S/c1-8(2)12(5-6-16)15-13(17)10-7-9(18)3-4-11(10)14/h3-4,7-8,12,16,18H,5-6H2,1-2H3,(H,15,17). The Morgan fingerprint density at radius 1 is 1.50 bits per heavy atom. The molecule has 0 saturated carbocycles. The summed E-state index contributed by atoms with van der Waals surface area (Å²) in [4.78, 5) is 12.5. The highest BCUT2D eigenvalue weighted by atomic mass is 32.1. The van der Waals surface area contributed by atoms with Crippen LogP contribution in [0.15, 0.2) is 23.1 Å². The summed E-state index contributed by atoms with van der Waals surface area (Å²) in [5.74, 6) is -0.879. The fourth-order valence-electron chi connectivity index (χ4n) is 1.64. The Hall–Kier alpha value is -1.07. The lowest BCUT2D eigenvalue weighted by Crippen LogP contribution is -2.39. The molecule has 1 unspecified atom stereocenters. The van der Waals surface area contributed by atoms with Crippen molar-refractivity contribution in [3.8, 4) is 0 Å². The van der Waals surface area contributed by atoms with Crippen molar-refractivity contribution in [3.63, 3.8) is 0 Å². The molecule has 0 aliphatic rings. The monoisotopic (exact) mass is 271 g/mol. The van der Waals surface area contributed by atoms with E-state index in [4.69, 9.17) is 5.11 Å². The summed E-state index contributed by atoms with van der Waals surface area (Å²) in [5, 5.41) is 11.7. The Kier molecular flexibility index (Phi) is 5.62. The molecule has 0 heterocycles. The van der Waals surface area contributed by atoms with E-state index in [1.807, 2.05) is 13.8 Å². The van der Waals surface area contributed by atoms with Gasteiger partial charge in [0, 0.05) is 17.5 Å². The fourth-order valence-corrected chi connectivity index (χ4v) is 1.85. The van der Waals surface area contributed by atoms with Crippen LogP contribution in [0.2, 0.25) is 0 Å². The first-order valence-electron chi connectivity index (χ1n) is 5.86. The Labute approximate surface area is 112 Å². The van der Waals surface area contributed by atoms with Crippen LogP contribution < -0.4 is 5.32 Å². The molecule has 100 valence electrons. The Morgan fingerprint density at radius 3 is 2.72 bits per heavy atom. The topological polar surface area (TPSA) is 49.3 Å². The van der Waals surface area contributed by atoms with E-state index in [1.54, 1.807) is 0 Å². The molecule has 5 heteroatoms. The van der Waals surface area contributed by atoms with Gasteiger partial charge in [0.15, 0.2) is 0 Å². The largest absolute Gasteiger partial charge is 0.396 e. The first-order valence-corrected chi connectivity index (χ1v) is 6.30. The molecule has 0 radical (unpaired) electrons. The van der Waals surface area contributed by atoms with Gasteiger partial charge in [-0.2, -0.15) is 0 Å². The van der Waals surface area contributed by atoms with Crippen molar-refractivity contribution in [1.29, 1.82) is 0 Å². The number of nitrogens with one attached hydrogen (secondary N) is 1. The molecular formula is C13H18FNO2S. The molecule has 0 spiro atoms. The lowest BCUT2D eigenvalue weighted by Gasteiger charge is -2.21. The van der Waals surface area contributed by atoms with Crippen molar-refractivity contribution in [3.05, 3.63) is 29.6 Å². The van der Waals surface area contributed by atoms with Gasteiger partial charge in [-0.1, -0.05) is 13.8 Å². The zero-order chi connectivity index (χ0) is 13.7. The Balaban J connectivity index is 2.83. The molecule has 2 N–H and O–H groups in total. The molecular weight excluding hydrogens is 253 g/mol. The maximum absolute atomic E-state index is 13.5. The van der Waals surface area contributed by atoms with Gasteiger partial charge in [-0.3, -0.25) is 4.79 Å². The molecule has 1 atom stereocenters. The predicted molar refractivity (Wildman–Crippen MR) is 71.4 cm³/mol. The van der Waals surface area contributed by atoms with Crippen molar-refractivity contribution in [1.82, 2.24) is 5.32 Å². The summed E-state index contributed by atoms with van der Waals surface area (Å²) >= 11 is 4.08. The van der Waals surface area contributed by atoms with Crippen LogP contribution in [0.25, 0.3) is 0 Å². The summed E-state index contributed by atoms with van der Waals surface area (Å²) in [6.45, 7) is 3.86. The first-order chi connectivity index (χ1) is 8.45. The number of rotatable bonds is 5. The van der Waals surface area contributed by atoms with E-state index in [0.29, 0.717) is 11.3 Å². The highest BCUT2D eigenvalue weighted by Crippen LogP contribution is 2.14. The summed E-state index contributed by atoms with van der Waals surface area (Å²) < 4.78 is 13.5. The third-order valence-corrected chi connectivity index (χ3v) is 3.03. The van der Waals surface area contributed by atoms with Gasteiger partial charge in [0.2, 0.25) is 0 Å². The van der Waals surface area contributed by atoms with Crippen LogP contribution in [0.1, 0.15) is 30.6 Å². The molecule has 3 nitrogen and oxygen atoms in total. The smallest absolute Gasteiger partial charge is 0.254 e. The van der Waals surface area contributed by atoms with E-state index in [2.05, 4.69) is 17.9 Å². The fraction of sp³-hybridized carbons (Fsp3) is 0.462. The number of benzene rings is 1. The quantitative estimate of drug-likeness (QED) is 0.719. The number of thiol groups is 1. The van der Waals surface area contributed by atoms with Gasteiger partial charge in [0.05, 0.1) is 5.56 Å². The second kappa shape index (κ2) is 6.75. The summed E-state index contributed by atoms with van der Waals surface area (Å²) in [7, 11) is 0. The van der Waals surface area contributed by atoms with E-state index in [-0.39, 0.29) is 24.1 Å². The number of hydrogen-bond donors (Lipinski definition) is 3. The molecule has 1 aromatic rings. The van der Waals surface area contributed by atoms with Crippen molar-refractivity contribution >= 4 is 18.5 Å². The lowest BCUT2D eigenvalue weighted by atomic mass is 10.0. The second-order valence-electron chi connectivity index (χ2n) is 4.50. The lowest BCUT2D eigenvalue weighted by molar-refractivity contribution is 0.0912. The zero-order valence-electron chi connectivity index (χ0n) is 10.5. The summed E-state index contributed by atoms with van der Waals surface area (Å²) in [6.07, 6.45) is 0.450. The number of halogens is 1. The number of carbonyl (C=O) groups is 1. The van der Waals surface area contributed by atoms with E-state index >= 15 is 0 Å². The minimum atomic E-state index is -0.572. The normalized spacial score (nSPS) is 12.6. The average molecular weight is 271 g/mol. The molecule has 0 aliphatic heterocycles. The highest BCUT2D eigenvalue weighted by molar-refractivity contribution is 7.80. The number of carbonyl (C=O) groups excluding carboxylic acids is 1. The third-order valence-electron chi connectivity index (χ3n) is 2.76. The van der Waals surface area contributed by atoms with Crippen LogP contribution in [0.4, 0.5) is 4.39 Å². The molecule has 18 heavy (non-hydrogen) atoms. The second-order valence-corrected chi connectivity index (χ2v) is 5.02. The SMILES string of the molecule is CC(C)C(CCO)NC(=O)c1cc(S)ccc1F.